The highest BCUT2D eigenvalue weighted by atomic mass is 16.5. The van der Waals surface area contributed by atoms with E-state index in [-0.39, 0.29) is 24.8 Å². The molecule has 0 saturated carbocycles. The molecule has 3 heterocycles. The van der Waals surface area contributed by atoms with Crippen LogP contribution in [-0.4, -0.2) is 76.6 Å². The molecule has 0 fully saturated rings. The first-order chi connectivity index (χ1) is 19.9. The standard InChI is InChI=1S/C29H30N6O6/c1-5-41-28(37)25-23-14-16-34(27(36)26(23)35(31-25)21-10-12-22(39-3)13-11-21)20-8-6-19(7-9-20)33-17-15-30-24(33)18-32(2)29(38)40-4/h6-13,15,17H,5,14,16,18H2,1-4H3. The molecular weight excluding hydrogens is 528 g/mol. The number of carbonyl (C=O) groups excluding carboxylic acids is 3. The minimum Gasteiger partial charge on any atom is -0.497 e. The van der Waals surface area contributed by atoms with Gasteiger partial charge in [0.15, 0.2) is 5.69 Å². The van der Waals surface area contributed by atoms with Gasteiger partial charge in [0.25, 0.3) is 5.91 Å². The van der Waals surface area contributed by atoms with Crippen LogP contribution in [0.3, 0.4) is 0 Å². The lowest BCUT2D eigenvalue weighted by Crippen LogP contribution is -2.39. The topological polar surface area (TPSA) is 121 Å². The van der Waals surface area contributed by atoms with Crippen molar-refractivity contribution in [2.45, 2.75) is 19.9 Å². The monoisotopic (exact) mass is 558 g/mol. The van der Waals surface area contributed by atoms with Gasteiger partial charge in [-0.15, -0.1) is 0 Å². The quantitative estimate of drug-likeness (QED) is 0.301. The SMILES string of the molecule is CCOC(=O)c1nn(-c2ccc(OC)cc2)c2c1CCN(c1ccc(-n3ccnc3CN(C)C(=O)OC)cc1)C2=O. The van der Waals surface area contributed by atoms with E-state index in [1.807, 2.05) is 28.8 Å². The Bertz CT molecular complexity index is 1570. The summed E-state index contributed by atoms with van der Waals surface area (Å²) in [5.41, 5.74) is 3.15. The second-order valence-electron chi connectivity index (χ2n) is 9.27. The van der Waals surface area contributed by atoms with Crippen LogP contribution in [0.25, 0.3) is 11.4 Å². The molecule has 0 N–H and O–H groups in total. The molecule has 0 unspecified atom stereocenters. The van der Waals surface area contributed by atoms with E-state index in [9.17, 15) is 14.4 Å². The lowest BCUT2D eigenvalue weighted by atomic mass is 10.0. The number of fused-ring (bicyclic) bond motifs is 1. The molecule has 1 aliphatic heterocycles. The predicted molar refractivity (Wildman–Crippen MR) is 149 cm³/mol. The number of methoxy groups -OCH3 is 2. The first-order valence-corrected chi connectivity index (χ1v) is 13.0. The lowest BCUT2D eigenvalue weighted by molar-refractivity contribution is 0.0517. The molecule has 0 aliphatic carbocycles. The fourth-order valence-electron chi connectivity index (χ4n) is 4.79. The maximum absolute atomic E-state index is 13.9. The number of imidazole rings is 1. The molecule has 212 valence electrons. The van der Waals surface area contributed by atoms with Crippen LogP contribution in [0.15, 0.2) is 60.9 Å². The zero-order chi connectivity index (χ0) is 29.1. The summed E-state index contributed by atoms with van der Waals surface area (Å²) in [6.07, 6.45) is 3.43. The number of ether oxygens (including phenoxy) is 3. The van der Waals surface area contributed by atoms with E-state index in [2.05, 4.69) is 10.1 Å². The number of esters is 1. The summed E-state index contributed by atoms with van der Waals surface area (Å²) in [7, 11) is 4.54. The summed E-state index contributed by atoms with van der Waals surface area (Å²) in [6.45, 7) is 2.55. The van der Waals surface area contributed by atoms with Gasteiger partial charge in [-0.3, -0.25) is 4.79 Å². The average molecular weight is 559 g/mol. The van der Waals surface area contributed by atoms with E-state index >= 15 is 0 Å². The summed E-state index contributed by atoms with van der Waals surface area (Å²) in [5.74, 6) is 0.474. The third-order valence-electron chi connectivity index (χ3n) is 6.82. The molecule has 0 radical (unpaired) electrons. The van der Waals surface area contributed by atoms with Crippen molar-refractivity contribution in [2.75, 3.05) is 39.3 Å². The number of hydrogen-bond donors (Lipinski definition) is 0. The number of nitrogens with zero attached hydrogens (tertiary/aromatic N) is 6. The van der Waals surface area contributed by atoms with Gasteiger partial charge in [0.2, 0.25) is 0 Å². The second-order valence-corrected chi connectivity index (χ2v) is 9.27. The molecule has 0 bridgehead atoms. The van der Waals surface area contributed by atoms with E-state index < -0.39 is 12.1 Å². The van der Waals surface area contributed by atoms with E-state index in [4.69, 9.17) is 14.2 Å². The Morgan fingerprint density at radius 1 is 1.00 bits per heavy atom. The summed E-state index contributed by atoms with van der Waals surface area (Å²) in [6, 6.07) is 14.6. The second kappa shape index (κ2) is 11.5. The van der Waals surface area contributed by atoms with E-state index in [1.165, 1.54) is 16.7 Å². The van der Waals surface area contributed by atoms with Crippen molar-refractivity contribution in [3.05, 3.63) is 83.7 Å². The number of carbonyl (C=O) groups is 3. The van der Waals surface area contributed by atoms with Gasteiger partial charge in [0, 0.05) is 42.9 Å². The Balaban J connectivity index is 1.46. The van der Waals surface area contributed by atoms with Crippen molar-refractivity contribution in [3.63, 3.8) is 0 Å². The molecule has 4 aromatic rings. The Kier molecular flexibility index (Phi) is 7.72. The number of hydrogen-bond acceptors (Lipinski definition) is 8. The number of amides is 2. The summed E-state index contributed by atoms with van der Waals surface area (Å²) < 4.78 is 18.6. The summed E-state index contributed by atoms with van der Waals surface area (Å²) in [5, 5.41) is 4.52. The molecule has 1 aliphatic rings. The third-order valence-corrected chi connectivity index (χ3v) is 6.82. The summed E-state index contributed by atoms with van der Waals surface area (Å²) in [4.78, 5) is 46.0. The van der Waals surface area contributed by atoms with Crippen LogP contribution in [-0.2, 0) is 22.4 Å². The van der Waals surface area contributed by atoms with Gasteiger partial charge < -0.3 is 28.6 Å². The highest BCUT2D eigenvalue weighted by Gasteiger charge is 2.35. The van der Waals surface area contributed by atoms with Gasteiger partial charge in [-0.1, -0.05) is 0 Å². The third kappa shape index (κ3) is 5.23. The van der Waals surface area contributed by atoms with Crippen LogP contribution in [0.2, 0.25) is 0 Å². The number of rotatable bonds is 8. The molecule has 2 amide bonds. The Morgan fingerprint density at radius 3 is 2.34 bits per heavy atom. The maximum Gasteiger partial charge on any atom is 0.409 e. The molecule has 2 aromatic carbocycles. The number of aromatic nitrogens is 4. The fraction of sp³-hybridized carbons (Fsp3) is 0.276. The highest BCUT2D eigenvalue weighted by Crippen LogP contribution is 2.30. The zero-order valence-corrected chi connectivity index (χ0v) is 23.2. The van der Waals surface area contributed by atoms with Gasteiger partial charge in [-0.05, 0) is 61.9 Å². The van der Waals surface area contributed by atoms with E-state index in [0.29, 0.717) is 47.2 Å². The van der Waals surface area contributed by atoms with Crippen LogP contribution in [0.5, 0.6) is 5.75 Å². The fourth-order valence-corrected chi connectivity index (χ4v) is 4.79. The van der Waals surface area contributed by atoms with Crippen molar-refractivity contribution in [1.82, 2.24) is 24.2 Å². The molecule has 2 aromatic heterocycles. The smallest absolute Gasteiger partial charge is 0.409 e. The zero-order valence-electron chi connectivity index (χ0n) is 23.2. The number of anilines is 1. The average Bonchev–Trinajstić information content (AvgIpc) is 3.62. The largest absolute Gasteiger partial charge is 0.497 e. The molecule has 12 heteroatoms. The molecule has 41 heavy (non-hydrogen) atoms. The van der Waals surface area contributed by atoms with Crippen molar-refractivity contribution in [3.8, 4) is 17.1 Å². The molecular formula is C29H30N6O6. The molecule has 0 spiro atoms. The van der Waals surface area contributed by atoms with Crippen molar-refractivity contribution in [2.24, 2.45) is 0 Å². The van der Waals surface area contributed by atoms with Crippen LogP contribution < -0.4 is 9.64 Å². The van der Waals surface area contributed by atoms with Gasteiger partial charge >= 0.3 is 12.1 Å². The van der Waals surface area contributed by atoms with Crippen LogP contribution in [0.4, 0.5) is 10.5 Å². The Hall–Kier alpha value is -5.13. The molecule has 12 nitrogen and oxygen atoms in total. The molecule has 0 saturated heterocycles. The normalized spacial score (nSPS) is 12.6. The molecule has 0 atom stereocenters. The summed E-state index contributed by atoms with van der Waals surface area (Å²) >= 11 is 0. The Morgan fingerprint density at radius 2 is 1.68 bits per heavy atom. The predicted octanol–water partition coefficient (Wildman–Crippen LogP) is 3.64. The van der Waals surface area contributed by atoms with Crippen LogP contribution in [0.1, 0.15) is 39.3 Å². The lowest BCUT2D eigenvalue weighted by Gasteiger charge is -2.28. The van der Waals surface area contributed by atoms with Crippen molar-refractivity contribution < 1.29 is 28.6 Å². The van der Waals surface area contributed by atoms with E-state index in [0.717, 1.165) is 5.69 Å². The van der Waals surface area contributed by atoms with Gasteiger partial charge in [-0.25, -0.2) is 19.3 Å². The minimum absolute atomic E-state index is 0.144. The maximum atomic E-state index is 13.9. The first-order valence-electron chi connectivity index (χ1n) is 13.0. The molecule has 5 rings (SSSR count). The van der Waals surface area contributed by atoms with Crippen LogP contribution in [0, 0.1) is 0 Å². The van der Waals surface area contributed by atoms with Crippen LogP contribution >= 0.6 is 0 Å². The minimum atomic E-state index is -0.560. The van der Waals surface area contributed by atoms with Crippen molar-refractivity contribution in [1.29, 1.82) is 0 Å². The highest BCUT2D eigenvalue weighted by molar-refractivity contribution is 6.09. The Labute approximate surface area is 236 Å². The van der Waals surface area contributed by atoms with Gasteiger partial charge in [0.05, 0.1) is 33.1 Å². The van der Waals surface area contributed by atoms with Gasteiger partial charge in [0.1, 0.15) is 17.3 Å². The number of benzene rings is 2. The first kappa shape index (κ1) is 27.4. The van der Waals surface area contributed by atoms with Gasteiger partial charge in [-0.2, -0.15) is 5.10 Å². The van der Waals surface area contributed by atoms with E-state index in [1.54, 1.807) is 62.6 Å². The van der Waals surface area contributed by atoms with Crippen molar-refractivity contribution >= 4 is 23.7 Å².